The molecule has 1 aliphatic heterocycles. The zero-order chi connectivity index (χ0) is 14.7. The zero-order valence-electron chi connectivity index (χ0n) is 11.7. The van der Waals surface area contributed by atoms with Crippen LogP contribution >= 0.6 is 0 Å². The lowest BCUT2D eigenvalue weighted by Crippen LogP contribution is -2.43. The number of nitrogens with one attached hydrogen (secondary N) is 2. The van der Waals surface area contributed by atoms with Crippen LogP contribution in [-0.2, 0) is 4.79 Å². The molecule has 1 saturated carbocycles. The lowest BCUT2D eigenvalue weighted by molar-refractivity contribution is -0.116. The Balaban J connectivity index is 1.61. The summed E-state index contributed by atoms with van der Waals surface area (Å²) in [6.07, 6.45) is 4.48. The molecule has 0 spiro atoms. The molecule has 21 heavy (non-hydrogen) atoms. The number of rotatable bonds is 2. The van der Waals surface area contributed by atoms with Crippen molar-refractivity contribution in [2.45, 2.75) is 38.1 Å². The van der Waals surface area contributed by atoms with Crippen molar-refractivity contribution in [3.63, 3.8) is 0 Å². The summed E-state index contributed by atoms with van der Waals surface area (Å²) in [6, 6.07) is 9.15. The summed E-state index contributed by atoms with van der Waals surface area (Å²) in [5, 5.41) is 11.1. The molecule has 2 aliphatic rings. The highest BCUT2D eigenvalue weighted by Gasteiger charge is 2.27. The van der Waals surface area contributed by atoms with Crippen LogP contribution < -0.4 is 15.6 Å². The van der Waals surface area contributed by atoms with E-state index in [9.17, 15) is 9.59 Å². The van der Waals surface area contributed by atoms with Gasteiger partial charge in [-0.3, -0.25) is 10.1 Å². The number of benzene rings is 1. The predicted molar refractivity (Wildman–Crippen MR) is 79.9 cm³/mol. The number of hydrogen-bond donors (Lipinski definition) is 2. The van der Waals surface area contributed by atoms with E-state index in [1.165, 1.54) is 5.01 Å². The zero-order valence-corrected chi connectivity index (χ0v) is 11.7. The van der Waals surface area contributed by atoms with Crippen LogP contribution in [0, 0.1) is 0 Å². The largest absolute Gasteiger partial charge is 0.335 e. The molecule has 0 saturated heterocycles. The number of anilines is 1. The quantitative estimate of drug-likeness (QED) is 0.872. The van der Waals surface area contributed by atoms with Crippen LogP contribution in [0.25, 0.3) is 0 Å². The van der Waals surface area contributed by atoms with Crippen LogP contribution in [0.2, 0.25) is 0 Å². The monoisotopic (exact) mass is 286 g/mol. The van der Waals surface area contributed by atoms with Crippen LogP contribution in [0.5, 0.6) is 0 Å². The van der Waals surface area contributed by atoms with Crippen molar-refractivity contribution < 1.29 is 9.59 Å². The number of amidine groups is 1. The number of para-hydroxylation sites is 1. The smallest absolute Gasteiger partial charge is 0.320 e. The number of hydrazone groups is 1. The van der Waals surface area contributed by atoms with Gasteiger partial charge in [-0.25, -0.2) is 4.79 Å². The first-order valence-corrected chi connectivity index (χ1v) is 7.25. The van der Waals surface area contributed by atoms with Crippen LogP contribution in [0.4, 0.5) is 10.5 Å². The van der Waals surface area contributed by atoms with Gasteiger partial charge in [0.25, 0.3) is 5.91 Å². The van der Waals surface area contributed by atoms with E-state index < -0.39 is 0 Å². The first-order chi connectivity index (χ1) is 10.2. The van der Waals surface area contributed by atoms with E-state index in [1.807, 2.05) is 30.3 Å². The van der Waals surface area contributed by atoms with E-state index in [2.05, 4.69) is 15.7 Å². The van der Waals surface area contributed by atoms with E-state index >= 15 is 0 Å². The second kappa shape index (κ2) is 5.95. The fourth-order valence-corrected chi connectivity index (χ4v) is 2.69. The van der Waals surface area contributed by atoms with Gasteiger partial charge in [-0.2, -0.15) is 10.1 Å². The maximum atomic E-state index is 12.0. The van der Waals surface area contributed by atoms with Gasteiger partial charge in [-0.15, -0.1) is 0 Å². The molecule has 110 valence electrons. The van der Waals surface area contributed by atoms with Crippen molar-refractivity contribution >= 4 is 23.5 Å². The lowest BCUT2D eigenvalue weighted by atomic mass is 10.2. The standard InChI is InChI=1S/C15H18N4O2/c20-14-10-13(17-15(21)16-11-6-4-5-7-11)18-19(14)12-8-2-1-3-9-12/h1-3,8-9,11H,4-7,10H2,(H2,16,17,18,21). The Bertz CT molecular complexity index is 564. The number of hydrogen-bond acceptors (Lipinski definition) is 3. The van der Waals surface area contributed by atoms with Gasteiger partial charge in [0.2, 0.25) is 0 Å². The molecule has 2 N–H and O–H groups in total. The van der Waals surface area contributed by atoms with Gasteiger partial charge in [-0.1, -0.05) is 31.0 Å². The Labute approximate surface area is 123 Å². The number of nitrogens with zero attached hydrogens (tertiary/aromatic N) is 2. The topological polar surface area (TPSA) is 73.8 Å². The van der Waals surface area contributed by atoms with E-state index in [0.29, 0.717) is 11.5 Å². The minimum atomic E-state index is -0.275. The maximum absolute atomic E-state index is 12.0. The fraction of sp³-hybridized carbons (Fsp3) is 0.400. The predicted octanol–water partition coefficient (Wildman–Crippen LogP) is 1.98. The van der Waals surface area contributed by atoms with Gasteiger partial charge in [0.05, 0.1) is 12.1 Å². The summed E-state index contributed by atoms with van der Waals surface area (Å²) in [5.74, 6) is 0.247. The van der Waals surface area contributed by atoms with Gasteiger partial charge in [0, 0.05) is 6.04 Å². The van der Waals surface area contributed by atoms with E-state index in [0.717, 1.165) is 25.7 Å². The van der Waals surface area contributed by atoms with Gasteiger partial charge in [-0.05, 0) is 25.0 Å². The minimum absolute atomic E-state index is 0.118. The second-order valence-corrected chi connectivity index (χ2v) is 5.34. The third-order valence-corrected chi connectivity index (χ3v) is 3.72. The molecule has 0 bridgehead atoms. The summed E-state index contributed by atoms with van der Waals surface area (Å²) in [5.41, 5.74) is 0.704. The summed E-state index contributed by atoms with van der Waals surface area (Å²) < 4.78 is 0. The molecule has 1 fully saturated rings. The van der Waals surface area contributed by atoms with Crippen molar-refractivity contribution in [2.24, 2.45) is 5.10 Å². The molecular formula is C15H18N4O2. The molecule has 0 radical (unpaired) electrons. The van der Waals surface area contributed by atoms with Crippen LogP contribution in [-0.4, -0.2) is 23.8 Å². The molecule has 0 unspecified atom stereocenters. The molecule has 1 aromatic carbocycles. The van der Waals surface area contributed by atoms with E-state index in [4.69, 9.17) is 0 Å². The van der Waals surface area contributed by atoms with Crippen molar-refractivity contribution in [1.82, 2.24) is 10.6 Å². The molecule has 6 heteroatoms. The first-order valence-electron chi connectivity index (χ1n) is 7.25. The molecule has 3 amide bonds. The highest BCUT2D eigenvalue weighted by molar-refractivity contribution is 6.15. The molecule has 6 nitrogen and oxygen atoms in total. The second-order valence-electron chi connectivity index (χ2n) is 5.34. The van der Waals surface area contributed by atoms with Crippen molar-refractivity contribution in [3.05, 3.63) is 30.3 Å². The van der Waals surface area contributed by atoms with Crippen molar-refractivity contribution in [3.8, 4) is 0 Å². The van der Waals surface area contributed by atoms with E-state index in [1.54, 1.807) is 0 Å². The van der Waals surface area contributed by atoms with Crippen LogP contribution in [0.15, 0.2) is 35.4 Å². The molecule has 0 aromatic heterocycles. The molecule has 0 atom stereocenters. The lowest BCUT2D eigenvalue weighted by Gasteiger charge is -2.12. The van der Waals surface area contributed by atoms with Crippen LogP contribution in [0.1, 0.15) is 32.1 Å². The van der Waals surface area contributed by atoms with Crippen molar-refractivity contribution in [2.75, 3.05) is 5.01 Å². The first kappa shape index (κ1) is 13.6. The third-order valence-electron chi connectivity index (χ3n) is 3.72. The number of urea groups is 1. The Kier molecular flexibility index (Phi) is 3.85. The Morgan fingerprint density at radius 2 is 1.90 bits per heavy atom. The van der Waals surface area contributed by atoms with E-state index in [-0.39, 0.29) is 24.4 Å². The summed E-state index contributed by atoms with van der Waals surface area (Å²) in [4.78, 5) is 23.8. The minimum Gasteiger partial charge on any atom is -0.335 e. The van der Waals surface area contributed by atoms with Gasteiger partial charge < -0.3 is 5.32 Å². The van der Waals surface area contributed by atoms with Gasteiger partial charge >= 0.3 is 6.03 Å². The number of carbonyl (C=O) groups is 2. The maximum Gasteiger partial charge on any atom is 0.320 e. The summed E-state index contributed by atoms with van der Waals surface area (Å²) in [7, 11) is 0. The Morgan fingerprint density at radius 3 is 2.62 bits per heavy atom. The third kappa shape index (κ3) is 3.21. The summed E-state index contributed by atoms with van der Waals surface area (Å²) >= 11 is 0. The van der Waals surface area contributed by atoms with Crippen molar-refractivity contribution in [1.29, 1.82) is 0 Å². The average molecular weight is 286 g/mol. The molecule has 1 aliphatic carbocycles. The summed E-state index contributed by atoms with van der Waals surface area (Å²) in [6.45, 7) is 0. The SMILES string of the molecule is O=C(NC1=NN(c2ccccc2)C(=O)C1)NC1CCCC1. The number of amides is 3. The van der Waals surface area contributed by atoms with Gasteiger partial charge in [0.1, 0.15) is 5.84 Å². The number of carbonyl (C=O) groups excluding carboxylic acids is 2. The molecule has 1 heterocycles. The average Bonchev–Trinajstić information content (AvgIpc) is 3.09. The Hall–Kier alpha value is -2.37. The highest BCUT2D eigenvalue weighted by atomic mass is 16.2. The molecule has 3 rings (SSSR count). The molecular weight excluding hydrogens is 268 g/mol. The van der Waals surface area contributed by atoms with Gasteiger partial charge in [0.15, 0.2) is 0 Å². The fourth-order valence-electron chi connectivity index (χ4n) is 2.69. The highest BCUT2D eigenvalue weighted by Crippen LogP contribution is 2.19. The molecule has 1 aromatic rings. The Morgan fingerprint density at radius 1 is 1.19 bits per heavy atom. The normalized spacial score (nSPS) is 18.8. The van der Waals surface area contributed by atoms with Crippen LogP contribution in [0.3, 0.4) is 0 Å².